The lowest BCUT2D eigenvalue weighted by Crippen LogP contribution is -2.11. The lowest BCUT2D eigenvalue weighted by molar-refractivity contribution is -0.137. The van der Waals surface area contributed by atoms with E-state index in [1.54, 1.807) is 37.4 Å². The molecule has 2 heterocycles. The first kappa shape index (κ1) is 16.6. The Kier molecular flexibility index (Phi) is 5.82. The molecule has 0 radical (unpaired) electrons. The molecule has 0 saturated carbocycles. The zero-order valence-corrected chi connectivity index (χ0v) is 13.1. The molecule has 118 valence electrons. The van der Waals surface area contributed by atoms with E-state index in [4.69, 9.17) is 16.3 Å². The quantitative estimate of drug-likeness (QED) is 0.298. The van der Waals surface area contributed by atoms with Crippen LogP contribution in [-0.2, 0) is 9.53 Å². The van der Waals surface area contributed by atoms with Crippen LogP contribution in [0.2, 0.25) is 5.15 Å². The molecule has 0 bridgehead atoms. The second-order valence-corrected chi connectivity index (χ2v) is 4.65. The van der Waals surface area contributed by atoms with Crippen molar-refractivity contribution in [3.8, 4) is 0 Å². The van der Waals surface area contributed by atoms with E-state index in [1.807, 2.05) is 0 Å². The van der Waals surface area contributed by atoms with E-state index >= 15 is 0 Å². The molecule has 2 aromatic rings. The van der Waals surface area contributed by atoms with E-state index in [1.165, 1.54) is 18.6 Å². The molecule has 0 saturated heterocycles. The van der Waals surface area contributed by atoms with Crippen LogP contribution in [0.4, 0.5) is 5.69 Å². The van der Waals surface area contributed by atoms with Crippen molar-refractivity contribution in [2.24, 2.45) is 4.99 Å². The first-order valence-corrected chi connectivity index (χ1v) is 7.16. The predicted molar refractivity (Wildman–Crippen MR) is 87.8 cm³/mol. The fourth-order valence-corrected chi connectivity index (χ4v) is 1.91. The summed E-state index contributed by atoms with van der Waals surface area (Å²) in [4.78, 5) is 24.0. The minimum Gasteiger partial charge on any atom is -0.506 e. The molecule has 2 rings (SSSR count). The van der Waals surface area contributed by atoms with Gasteiger partial charge in [-0.3, -0.25) is 9.98 Å². The van der Waals surface area contributed by atoms with Gasteiger partial charge in [-0.05, 0) is 31.2 Å². The number of rotatable bonds is 5. The standard InChI is InChI=1S/C16H14ClN3O3/c1-2-23-16(22)13(10-20-11-5-3-7-18-9-11)14(21)12-6-4-8-19-15(12)17/h3-10,21H,2H2,1H3. The third-order valence-corrected chi connectivity index (χ3v) is 3.05. The van der Waals surface area contributed by atoms with Crippen LogP contribution in [-0.4, -0.2) is 33.9 Å². The summed E-state index contributed by atoms with van der Waals surface area (Å²) in [7, 11) is 0. The Hall–Kier alpha value is -2.73. The van der Waals surface area contributed by atoms with Crippen molar-refractivity contribution in [1.82, 2.24) is 9.97 Å². The van der Waals surface area contributed by atoms with Crippen LogP contribution in [0.3, 0.4) is 0 Å². The van der Waals surface area contributed by atoms with Gasteiger partial charge < -0.3 is 9.84 Å². The minimum atomic E-state index is -0.711. The van der Waals surface area contributed by atoms with E-state index in [9.17, 15) is 9.90 Å². The second kappa shape index (κ2) is 8.05. The van der Waals surface area contributed by atoms with E-state index in [0.717, 1.165) is 0 Å². The highest BCUT2D eigenvalue weighted by Crippen LogP contribution is 2.23. The molecule has 1 N–H and O–H groups in total. The molecule has 7 heteroatoms. The predicted octanol–water partition coefficient (Wildman–Crippen LogP) is 3.36. The number of carbonyl (C=O) groups is 1. The second-order valence-electron chi connectivity index (χ2n) is 4.29. The van der Waals surface area contributed by atoms with Gasteiger partial charge in [-0.1, -0.05) is 11.6 Å². The van der Waals surface area contributed by atoms with Crippen molar-refractivity contribution >= 4 is 35.2 Å². The maximum atomic E-state index is 12.1. The van der Waals surface area contributed by atoms with Gasteiger partial charge in [-0.15, -0.1) is 0 Å². The number of pyridine rings is 2. The van der Waals surface area contributed by atoms with Crippen molar-refractivity contribution in [3.63, 3.8) is 0 Å². The first-order valence-electron chi connectivity index (χ1n) is 6.78. The van der Waals surface area contributed by atoms with Gasteiger partial charge in [0.05, 0.1) is 24.1 Å². The highest BCUT2D eigenvalue weighted by molar-refractivity contribution is 6.31. The number of halogens is 1. The average Bonchev–Trinajstić information content (AvgIpc) is 2.56. The van der Waals surface area contributed by atoms with Crippen LogP contribution >= 0.6 is 11.6 Å². The lowest BCUT2D eigenvalue weighted by atomic mass is 10.1. The first-order chi connectivity index (χ1) is 11.1. The molecule has 23 heavy (non-hydrogen) atoms. The molecule has 0 unspecified atom stereocenters. The number of aliphatic hydroxyl groups excluding tert-OH is 1. The number of hydrogen-bond donors (Lipinski definition) is 1. The summed E-state index contributed by atoms with van der Waals surface area (Å²) in [5.74, 6) is -1.06. The summed E-state index contributed by atoms with van der Waals surface area (Å²) in [5, 5.41) is 10.5. The maximum absolute atomic E-state index is 12.1. The van der Waals surface area contributed by atoms with Crippen LogP contribution in [0.1, 0.15) is 12.5 Å². The summed E-state index contributed by atoms with van der Waals surface area (Å²) in [6, 6.07) is 6.55. The number of aromatic nitrogens is 2. The smallest absolute Gasteiger partial charge is 0.343 e. The molecular formula is C16H14ClN3O3. The number of hydrogen-bond acceptors (Lipinski definition) is 6. The number of esters is 1. The molecule has 0 atom stereocenters. The normalized spacial score (nSPS) is 12.1. The van der Waals surface area contributed by atoms with E-state index in [0.29, 0.717) is 5.69 Å². The zero-order valence-electron chi connectivity index (χ0n) is 12.3. The molecule has 0 spiro atoms. The molecule has 2 aromatic heterocycles. The molecule has 6 nitrogen and oxygen atoms in total. The third-order valence-electron chi connectivity index (χ3n) is 2.75. The van der Waals surface area contributed by atoms with Gasteiger partial charge in [0.2, 0.25) is 0 Å². The Balaban J connectivity index is 2.45. The van der Waals surface area contributed by atoms with Crippen LogP contribution < -0.4 is 0 Å². The van der Waals surface area contributed by atoms with E-state index in [-0.39, 0.29) is 28.7 Å². The fraction of sp³-hybridized carbons (Fsp3) is 0.125. The van der Waals surface area contributed by atoms with Crippen molar-refractivity contribution in [2.45, 2.75) is 6.92 Å². The highest BCUT2D eigenvalue weighted by atomic mass is 35.5. The Morgan fingerprint density at radius 2 is 2.17 bits per heavy atom. The SMILES string of the molecule is CCOC(=O)C(C=Nc1cccnc1)=C(O)c1cccnc1Cl. The van der Waals surface area contributed by atoms with Gasteiger partial charge >= 0.3 is 5.97 Å². The molecule has 0 amide bonds. The third kappa shape index (κ3) is 4.37. The monoisotopic (exact) mass is 331 g/mol. The highest BCUT2D eigenvalue weighted by Gasteiger charge is 2.18. The van der Waals surface area contributed by atoms with Crippen LogP contribution in [0.15, 0.2) is 53.4 Å². The summed E-state index contributed by atoms with van der Waals surface area (Å²) >= 11 is 5.95. The number of aliphatic imine (C=N–C) groups is 1. The maximum Gasteiger partial charge on any atom is 0.343 e. The largest absolute Gasteiger partial charge is 0.506 e. The van der Waals surface area contributed by atoms with Crippen LogP contribution in [0.25, 0.3) is 5.76 Å². The van der Waals surface area contributed by atoms with Gasteiger partial charge in [0.15, 0.2) is 0 Å². The topological polar surface area (TPSA) is 84.7 Å². The van der Waals surface area contributed by atoms with Crippen molar-refractivity contribution in [2.75, 3.05) is 6.61 Å². The van der Waals surface area contributed by atoms with Gasteiger partial charge in [0.1, 0.15) is 16.5 Å². The molecule has 0 aliphatic carbocycles. The number of aliphatic hydroxyl groups is 1. The summed E-state index contributed by atoms with van der Waals surface area (Å²) < 4.78 is 4.95. The Labute approximate surface area is 138 Å². The molecule has 0 aromatic carbocycles. The minimum absolute atomic E-state index is 0.0709. The van der Waals surface area contributed by atoms with Crippen LogP contribution in [0.5, 0.6) is 0 Å². The van der Waals surface area contributed by atoms with Crippen molar-refractivity contribution in [3.05, 3.63) is 59.1 Å². The zero-order chi connectivity index (χ0) is 16.7. The fourth-order valence-electron chi connectivity index (χ4n) is 1.70. The number of nitrogens with zero attached hydrogens (tertiary/aromatic N) is 3. The van der Waals surface area contributed by atoms with Crippen molar-refractivity contribution in [1.29, 1.82) is 0 Å². The molecule has 0 aliphatic rings. The number of ether oxygens (including phenoxy) is 1. The van der Waals surface area contributed by atoms with Gasteiger partial charge in [0.25, 0.3) is 0 Å². The van der Waals surface area contributed by atoms with Gasteiger partial charge in [0, 0.05) is 18.6 Å². The Morgan fingerprint density at radius 3 is 2.83 bits per heavy atom. The summed E-state index contributed by atoms with van der Waals surface area (Å²) in [6.45, 7) is 1.83. The van der Waals surface area contributed by atoms with E-state index < -0.39 is 5.97 Å². The van der Waals surface area contributed by atoms with Gasteiger partial charge in [-0.2, -0.15) is 0 Å². The average molecular weight is 332 g/mol. The molecule has 0 aliphatic heterocycles. The van der Waals surface area contributed by atoms with Gasteiger partial charge in [-0.25, -0.2) is 9.78 Å². The molecule has 0 fully saturated rings. The Bertz CT molecular complexity index is 745. The van der Waals surface area contributed by atoms with Crippen LogP contribution in [0, 0.1) is 0 Å². The van der Waals surface area contributed by atoms with Crippen molar-refractivity contribution < 1.29 is 14.6 Å². The lowest BCUT2D eigenvalue weighted by Gasteiger charge is -2.07. The Morgan fingerprint density at radius 1 is 1.39 bits per heavy atom. The number of carbonyl (C=O) groups excluding carboxylic acids is 1. The van der Waals surface area contributed by atoms with E-state index in [2.05, 4.69) is 15.0 Å². The molecular weight excluding hydrogens is 318 g/mol. The summed E-state index contributed by atoms with van der Waals surface area (Å²) in [5.41, 5.74) is 0.625. The summed E-state index contributed by atoms with van der Waals surface area (Å²) in [6.07, 6.45) is 5.82.